The quantitative estimate of drug-likeness (QED) is 0.695. The number of rotatable bonds is 3. The molecule has 2 aliphatic heterocycles. The van der Waals surface area contributed by atoms with Crippen molar-refractivity contribution in [3.63, 3.8) is 0 Å². The normalized spacial score (nSPS) is 28.3. The number of aromatic nitrogens is 2. The van der Waals surface area contributed by atoms with Gasteiger partial charge >= 0.3 is 5.97 Å². The summed E-state index contributed by atoms with van der Waals surface area (Å²) in [5.41, 5.74) is 1.33. The van der Waals surface area contributed by atoms with Crippen molar-refractivity contribution in [3.05, 3.63) is 52.8 Å². The van der Waals surface area contributed by atoms with Gasteiger partial charge in [0.05, 0.1) is 12.3 Å². The Kier molecular flexibility index (Phi) is 3.33. The summed E-state index contributed by atoms with van der Waals surface area (Å²) in [7, 11) is 0. The van der Waals surface area contributed by atoms with E-state index in [-0.39, 0.29) is 24.5 Å². The van der Waals surface area contributed by atoms with Gasteiger partial charge in [0.2, 0.25) is 0 Å². The first-order valence-electron chi connectivity index (χ1n) is 7.05. The second-order valence-corrected chi connectivity index (χ2v) is 6.23. The number of ether oxygens (including phenoxy) is 2. The Morgan fingerprint density at radius 1 is 1.41 bits per heavy atom. The fourth-order valence-corrected chi connectivity index (χ4v) is 3.48. The van der Waals surface area contributed by atoms with Gasteiger partial charge in [0.25, 0.3) is 0 Å². The largest absolute Gasteiger partial charge is 0.451 e. The molecule has 2 fully saturated rings. The van der Waals surface area contributed by atoms with E-state index in [1.165, 1.54) is 11.3 Å². The predicted octanol–water partition coefficient (Wildman–Crippen LogP) is 2.31. The van der Waals surface area contributed by atoms with Crippen LogP contribution in [0.4, 0.5) is 0 Å². The minimum atomic E-state index is -0.329. The van der Waals surface area contributed by atoms with Crippen LogP contribution in [0.1, 0.15) is 35.6 Å². The Bertz CT molecular complexity index is 693. The van der Waals surface area contributed by atoms with E-state index in [4.69, 9.17) is 9.47 Å². The zero-order valence-electron chi connectivity index (χ0n) is 11.8. The molecule has 6 nitrogen and oxygen atoms in total. The number of nitrogens with one attached hydrogen (secondary N) is 1. The van der Waals surface area contributed by atoms with Crippen molar-refractivity contribution in [2.45, 2.75) is 24.9 Å². The number of carbonyl (C=O) groups excluding carboxylic acids is 1. The highest BCUT2D eigenvalue weighted by Gasteiger charge is 2.33. The van der Waals surface area contributed by atoms with Crippen molar-refractivity contribution >= 4 is 17.3 Å². The van der Waals surface area contributed by atoms with Crippen molar-refractivity contribution in [1.29, 1.82) is 0 Å². The van der Waals surface area contributed by atoms with Crippen molar-refractivity contribution in [1.82, 2.24) is 14.9 Å². The molecule has 22 heavy (non-hydrogen) atoms. The van der Waals surface area contributed by atoms with Gasteiger partial charge in [0, 0.05) is 29.8 Å². The number of hydrogen-bond acceptors (Lipinski definition) is 6. The third-order valence-electron chi connectivity index (χ3n) is 3.81. The van der Waals surface area contributed by atoms with Crippen LogP contribution in [0.5, 0.6) is 0 Å². The predicted molar refractivity (Wildman–Crippen MR) is 80.0 cm³/mol. The number of cyclic esters (lactones) is 1. The number of thiazole rings is 1. The number of esters is 1. The molecule has 0 radical (unpaired) electrons. The van der Waals surface area contributed by atoms with Crippen LogP contribution in [0.2, 0.25) is 0 Å². The summed E-state index contributed by atoms with van der Waals surface area (Å²) in [5, 5.41) is 6.12. The first-order chi connectivity index (χ1) is 10.7. The maximum Gasteiger partial charge on any atom is 0.334 e. The van der Waals surface area contributed by atoms with Crippen LogP contribution in [0, 0.1) is 0 Å². The highest BCUT2D eigenvalue weighted by atomic mass is 32.1. The summed E-state index contributed by atoms with van der Waals surface area (Å²) < 4.78 is 13.1. The molecule has 0 bridgehead atoms. The number of carbonyl (C=O) groups is 1. The lowest BCUT2D eigenvalue weighted by molar-refractivity contribution is -0.139. The molecule has 2 aromatic heterocycles. The summed E-state index contributed by atoms with van der Waals surface area (Å²) in [4.78, 5) is 16.0. The maximum atomic E-state index is 11.4. The molecule has 2 aliphatic rings. The molecule has 4 heterocycles. The Labute approximate surface area is 131 Å². The van der Waals surface area contributed by atoms with E-state index in [0.717, 1.165) is 10.7 Å². The second-order valence-electron chi connectivity index (χ2n) is 5.34. The standard InChI is InChI=1S/C15H15N3O3S/c1-9-6-11(21-15(9)19)14-16-10(8-22-14)13-17-12(7-20-13)18-4-2-3-5-18/h2-5,8,11-13,17H,1,6-7H2. The summed E-state index contributed by atoms with van der Waals surface area (Å²) in [6.45, 7) is 4.28. The van der Waals surface area contributed by atoms with Gasteiger partial charge in [-0.25, -0.2) is 9.78 Å². The first kappa shape index (κ1) is 13.7. The second kappa shape index (κ2) is 5.35. The molecule has 0 amide bonds. The number of hydrogen-bond donors (Lipinski definition) is 1. The molecule has 0 spiro atoms. The SMILES string of the molecule is C=C1CC(c2nc(C3NC(n4cccc4)CO3)cs2)OC1=O. The lowest BCUT2D eigenvalue weighted by Gasteiger charge is -2.12. The van der Waals surface area contributed by atoms with E-state index in [2.05, 4.69) is 21.4 Å². The Morgan fingerprint density at radius 3 is 2.95 bits per heavy atom. The molecule has 4 rings (SSSR count). The summed E-state index contributed by atoms with van der Waals surface area (Å²) in [5.74, 6) is -0.329. The van der Waals surface area contributed by atoms with E-state index >= 15 is 0 Å². The zero-order valence-corrected chi connectivity index (χ0v) is 12.6. The van der Waals surface area contributed by atoms with Gasteiger partial charge in [0.15, 0.2) is 12.3 Å². The van der Waals surface area contributed by atoms with Crippen molar-refractivity contribution in [2.24, 2.45) is 0 Å². The van der Waals surface area contributed by atoms with Crippen LogP contribution < -0.4 is 5.32 Å². The van der Waals surface area contributed by atoms with Gasteiger partial charge in [-0.1, -0.05) is 6.58 Å². The monoisotopic (exact) mass is 317 g/mol. The van der Waals surface area contributed by atoms with Gasteiger partial charge in [-0.05, 0) is 12.1 Å². The average Bonchev–Trinajstić information content (AvgIpc) is 3.27. The first-order valence-corrected chi connectivity index (χ1v) is 7.93. The molecule has 0 saturated carbocycles. The fraction of sp³-hybridized carbons (Fsp3) is 0.333. The Hall–Kier alpha value is -1.96. The van der Waals surface area contributed by atoms with E-state index in [1.807, 2.05) is 29.9 Å². The topological polar surface area (TPSA) is 65.4 Å². The third kappa shape index (κ3) is 2.37. The minimum Gasteiger partial charge on any atom is -0.451 e. The summed E-state index contributed by atoms with van der Waals surface area (Å²) in [6, 6.07) is 3.97. The molecule has 0 aliphatic carbocycles. The Morgan fingerprint density at radius 2 is 2.23 bits per heavy atom. The molecular weight excluding hydrogens is 302 g/mol. The van der Waals surface area contributed by atoms with Gasteiger partial charge in [-0.3, -0.25) is 5.32 Å². The number of nitrogens with zero attached hydrogens (tertiary/aromatic N) is 2. The van der Waals surface area contributed by atoms with Gasteiger partial charge < -0.3 is 14.0 Å². The molecular formula is C15H15N3O3S. The molecule has 0 aromatic carbocycles. The van der Waals surface area contributed by atoms with Crippen LogP contribution in [0.25, 0.3) is 0 Å². The molecule has 7 heteroatoms. The third-order valence-corrected chi connectivity index (χ3v) is 4.76. The van der Waals surface area contributed by atoms with Crippen molar-refractivity contribution in [2.75, 3.05) is 6.61 Å². The minimum absolute atomic E-state index is 0.106. The van der Waals surface area contributed by atoms with Crippen LogP contribution in [-0.4, -0.2) is 22.1 Å². The average molecular weight is 317 g/mol. The van der Waals surface area contributed by atoms with Crippen LogP contribution in [0.15, 0.2) is 42.1 Å². The Balaban J connectivity index is 1.46. The summed E-state index contributed by atoms with van der Waals surface area (Å²) >= 11 is 1.48. The van der Waals surface area contributed by atoms with Crippen LogP contribution in [0.3, 0.4) is 0 Å². The van der Waals surface area contributed by atoms with E-state index in [0.29, 0.717) is 18.6 Å². The highest BCUT2D eigenvalue weighted by molar-refractivity contribution is 7.09. The smallest absolute Gasteiger partial charge is 0.334 e. The van der Waals surface area contributed by atoms with Gasteiger partial charge in [-0.2, -0.15) is 0 Å². The van der Waals surface area contributed by atoms with E-state index < -0.39 is 0 Å². The lowest BCUT2D eigenvalue weighted by Crippen LogP contribution is -2.23. The lowest BCUT2D eigenvalue weighted by atomic mass is 10.2. The van der Waals surface area contributed by atoms with E-state index in [1.54, 1.807) is 0 Å². The van der Waals surface area contributed by atoms with Gasteiger partial charge in [-0.15, -0.1) is 11.3 Å². The highest BCUT2D eigenvalue weighted by Crippen LogP contribution is 2.35. The van der Waals surface area contributed by atoms with Crippen molar-refractivity contribution < 1.29 is 14.3 Å². The van der Waals surface area contributed by atoms with Crippen LogP contribution in [-0.2, 0) is 14.3 Å². The molecule has 2 aromatic rings. The molecule has 3 unspecified atom stereocenters. The van der Waals surface area contributed by atoms with Gasteiger partial charge in [0.1, 0.15) is 11.2 Å². The molecule has 2 saturated heterocycles. The van der Waals surface area contributed by atoms with Crippen LogP contribution >= 0.6 is 11.3 Å². The van der Waals surface area contributed by atoms with E-state index in [9.17, 15) is 4.79 Å². The molecule has 3 atom stereocenters. The van der Waals surface area contributed by atoms with Crippen molar-refractivity contribution in [3.8, 4) is 0 Å². The zero-order chi connectivity index (χ0) is 15.1. The molecule has 114 valence electrons. The maximum absolute atomic E-state index is 11.4. The fourth-order valence-electron chi connectivity index (χ4n) is 2.62. The summed E-state index contributed by atoms with van der Waals surface area (Å²) in [6.07, 6.45) is 4.07. The molecule has 1 N–H and O–H groups in total.